The number of aromatic nitrogens is 3. The van der Waals surface area contributed by atoms with Crippen molar-refractivity contribution in [1.82, 2.24) is 18.7 Å². The molecule has 1 amide bonds. The monoisotopic (exact) mass is 473 g/mol. The first-order chi connectivity index (χ1) is 15.7. The summed E-state index contributed by atoms with van der Waals surface area (Å²) in [5.74, 6) is 0.438. The standard InChI is InChI=1S/C22H27N5O5S/c1-15-5-6-16(2)27(15)22-18(14-23-25(22)3)21(28)24-17-7-8-19(31-4)20(13-17)33(29,30)26-9-11-32-12-10-26/h5-8,13-14H,9-12H2,1-4H3,(H,24,28). The lowest BCUT2D eigenvalue weighted by molar-refractivity contribution is 0.0729. The molecule has 10 nitrogen and oxygen atoms in total. The van der Waals surface area contributed by atoms with Gasteiger partial charge in [0.15, 0.2) is 0 Å². The number of amides is 1. The van der Waals surface area contributed by atoms with Gasteiger partial charge in [0.2, 0.25) is 10.0 Å². The summed E-state index contributed by atoms with van der Waals surface area (Å²) in [4.78, 5) is 13.2. The van der Waals surface area contributed by atoms with Gasteiger partial charge in [0.1, 0.15) is 22.0 Å². The number of morpholine rings is 1. The van der Waals surface area contributed by atoms with E-state index in [1.807, 2.05) is 30.5 Å². The van der Waals surface area contributed by atoms with E-state index in [1.165, 1.54) is 29.7 Å². The van der Waals surface area contributed by atoms with Crippen molar-refractivity contribution >= 4 is 21.6 Å². The molecule has 0 saturated carbocycles. The fourth-order valence-corrected chi connectivity index (χ4v) is 5.53. The summed E-state index contributed by atoms with van der Waals surface area (Å²) in [6, 6.07) is 8.50. The van der Waals surface area contributed by atoms with Crippen molar-refractivity contribution < 1.29 is 22.7 Å². The number of aryl methyl sites for hydroxylation is 3. The third-order valence-electron chi connectivity index (χ3n) is 5.64. The van der Waals surface area contributed by atoms with Gasteiger partial charge >= 0.3 is 0 Å². The van der Waals surface area contributed by atoms with Crippen LogP contribution in [0.3, 0.4) is 0 Å². The van der Waals surface area contributed by atoms with Crippen molar-refractivity contribution in [3.05, 3.63) is 53.5 Å². The maximum absolute atomic E-state index is 13.2. The van der Waals surface area contributed by atoms with Crippen molar-refractivity contribution in [2.24, 2.45) is 7.05 Å². The molecule has 1 aliphatic heterocycles. The fraction of sp³-hybridized carbons (Fsp3) is 0.364. The van der Waals surface area contributed by atoms with E-state index < -0.39 is 15.9 Å². The van der Waals surface area contributed by atoms with Crippen LogP contribution in [0.5, 0.6) is 5.75 Å². The van der Waals surface area contributed by atoms with Gasteiger partial charge in [-0.15, -0.1) is 0 Å². The summed E-state index contributed by atoms with van der Waals surface area (Å²) >= 11 is 0. The molecule has 3 aromatic rings. The number of anilines is 1. The Bertz CT molecular complexity index is 1270. The second-order valence-electron chi connectivity index (χ2n) is 7.79. The number of ether oxygens (including phenoxy) is 2. The zero-order chi connectivity index (χ0) is 23.8. The van der Waals surface area contributed by atoms with E-state index >= 15 is 0 Å². The van der Waals surface area contributed by atoms with Gasteiger partial charge in [-0.05, 0) is 44.2 Å². The molecule has 0 unspecified atom stereocenters. The largest absolute Gasteiger partial charge is 0.495 e. The first kappa shape index (κ1) is 23.0. The number of sulfonamides is 1. The zero-order valence-corrected chi connectivity index (χ0v) is 19.8. The minimum atomic E-state index is -3.82. The first-order valence-electron chi connectivity index (χ1n) is 10.5. The van der Waals surface area contributed by atoms with E-state index in [2.05, 4.69) is 10.4 Å². The normalized spacial score (nSPS) is 14.9. The van der Waals surface area contributed by atoms with Gasteiger partial charge in [-0.25, -0.2) is 8.42 Å². The molecule has 1 fully saturated rings. The number of nitrogens with one attached hydrogen (secondary N) is 1. The van der Waals surface area contributed by atoms with Crippen molar-refractivity contribution in [2.75, 3.05) is 38.7 Å². The molecule has 3 heterocycles. The molecule has 176 valence electrons. The quantitative estimate of drug-likeness (QED) is 0.588. The Labute approximate surface area is 192 Å². The number of carbonyl (C=O) groups excluding carboxylic acids is 1. The predicted molar refractivity (Wildman–Crippen MR) is 123 cm³/mol. The molecule has 4 rings (SSSR count). The van der Waals surface area contributed by atoms with Crippen LogP contribution in [0.1, 0.15) is 21.7 Å². The molecule has 0 bridgehead atoms. The molecule has 0 radical (unpaired) electrons. The Hall–Kier alpha value is -3.15. The summed E-state index contributed by atoms with van der Waals surface area (Å²) in [7, 11) is -0.640. The molecular formula is C22H27N5O5S. The van der Waals surface area contributed by atoms with E-state index in [0.717, 1.165) is 11.4 Å². The number of hydrogen-bond acceptors (Lipinski definition) is 6. The van der Waals surface area contributed by atoms with E-state index in [0.29, 0.717) is 30.3 Å². The summed E-state index contributed by atoms with van der Waals surface area (Å²) in [6.07, 6.45) is 1.50. The smallest absolute Gasteiger partial charge is 0.261 e. The maximum atomic E-state index is 13.2. The van der Waals surface area contributed by atoms with Crippen LogP contribution in [0.4, 0.5) is 5.69 Å². The molecule has 1 saturated heterocycles. The van der Waals surface area contributed by atoms with Gasteiger partial charge in [0.05, 0.1) is 26.5 Å². The summed E-state index contributed by atoms with van der Waals surface area (Å²) < 4.78 is 42.0. The van der Waals surface area contributed by atoms with Gasteiger partial charge in [0, 0.05) is 37.2 Å². The average molecular weight is 474 g/mol. The summed E-state index contributed by atoms with van der Waals surface area (Å²) in [5, 5.41) is 7.07. The maximum Gasteiger partial charge on any atom is 0.261 e. The van der Waals surface area contributed by atoms with Gasteiger partial charge < -0.3 is 19.4 Å². The van der Waals surface area contributed by atoms with Gasteiger partial charge in [-0.1, -0.05) is 0 Å². The number of rotatable bonds is 6. The Morgan fingerprint density at radius 1 is 1.12 bits per heavy atom. The third kappa shape index (κ3) is 4.26. The fourth-order valence-electron chi connectivity index (χ4n) is 3.94. The zero-order valence-electron chi connectivity index (χ0n) is 19.0. The van der Waals surface area contributed by atoms with Crippen molar-refractivity contribution in [3.63, 3.8) is 0 Å². The predicted octanol–water partition coefficient (Wildman–Crippen LogP) is 2.11. The number of nitrogens with zero attached hydrogens (tertiary/aromatic N) is 4. The Morgan fingerprint density at radius 3 is 2.42 bits per heavy atom. The Kier molecular flexibility index (Phi) is 6.28. The molecule has 33 heavy (non-hydrogen) atoms. The lowest BCUT2D eigenvalue weighted by Crippen LogP contribution is -2.40. The highest BCUT2D eigenvalue weighted by Gasteiger charge is 2.30. The van der Waals surface area contributed by atoms with Crippen LogP contribution in [0.25, 0.3) is 5.82 Å². The second-order valence-corrected chi connectivity index (χ2v) is 9.70. The topological polar surface area (TPSA) is 108 Å². The third-order valence-corrected chi connectivity index (χ3v) is 7.56. The van der Waals surface area contributed by atoms with Crippen molar-refractivity contribution in [3.8, 4) is 11.6 Å². The Morgan fingerprint density at radius 2 is 1.79 bits per heavy atom. The van der Waals surface area contributed by atoms with Gasteiger partial charge in [-0.3, -0.25) is 9.48 Å². The van der Waals surface area contributed by atoms with Crippen LogP contribution in [0, 0.1) is 13.8 Å². The number of carbonyl (C=O) groups is 1. The summed E-state index contributed by atoms with van der Waals surface area (Å²) in [5.41, 5.74) is 2.64. The highest BCUT2D eigenvalue weighted by Crippen LogP contribution is 2.30. The van der Waals surface area contributed by atoms with Crippen LogP contribution in [-0.2, 0) is 21.8 Å². The van der Waals surface area contributed by atoms with Gasteiger partial charge in [-0.2, -0.15) is 9.40 Å². The van der Waals surface area contributed by atoms with Crippen molar-refractivity contribution in [2.45, 2.75) is 18.7 Å². The SMILES string of the molecule is COc1ccc(NC(=O)c2cnn(C)c2-n2c(C)ccc2C)cc1S(=O)(=O)N1CCOCC1. The van der Waals surface area contributed by atoms with Crippen LogP contribution < -0.4 is 10.1 Å². The van der Waals surface area contributed by atoms with Gasteiger partial charge in [0.25, 0.3) is 5.91 Å². The molecule has 1 N–H and O–H groups in total. The minimum Gasteiger partial charge on any atom is -0.495 e. The first-order valence-corrected chi connectivity index (χ1v) is 11.9. The lowest BCUT2D eigenvalue weighted by Gasteiger charge is -2.26. The molecule has 1 aliphatic rings. The molecular weight excluding hydrogens is 446 g/mol. The van der Waals surface area contributed by atoms with E-state index in [4.69, 9.17) is 9.47 Å². The van der Waals surface area contributed by atoms with Crippen LogP contribution >= 0.6 is 0 Å². The van der Waals surface area contributed by atoms with Crippen LogP contribution in [-0.4, -0.2) is 66.4 Å². The van der Waals surface area contributed by atoms with Crippen LogP contribution in [0.15, 0.2) is 41.4 Å². The average Bonchev–Trinajstić information content (AvgIpc) is 3.35. The highest BCUT2D eigenvalue weighted by molar-refractivity contribution is 7.89. The molecule has 0 atom stereocenters. The van der Waals surface area contributed by atoms with E-state index in [-0.39, 0.29) is 23.7 Å². The minimum absolute atomic E-state index is 0.00629. The van der Waals surface area contributed by atoms with Crippen LogP contribution in [0.2, 0.25) is 0 Å². The van der Waals surface area contributed by atoms with E-state index in [1.54, 1.807) is 17.8 Å². The number of benzene rings is 1. The molecule has 0 aliphatic carbocycles. The van der Waals surface area contributed by atoms with E-state index in [9.17, 15) is 13.2 Å². The van der Waals surface area contributed by atoms with Crippen molar-refractivity contribution in [1.29, 1.82) is 0 Å². The molecule has 1 aromatic carbocycles. The highest BCUT2D eigenvalue weighted by atomic mass is 32.2. The molecule has 0 spiro atoms. The summed E-state index contributed by atoms with van der Waals surface area (Å²) in [6.45, 7) is 5.09. The Balaban J connectivity index is 1.67. The lowest BCUT2D eigenvalue weighted by atomic mass is 10.2. The number of methoxy groups -OCH3 is 1. The number of hydrogen-bond donors (Lipinski definition) is 1. The molecule has 11 heteroatoms. The second kappa shape index (κ2) is 9.00. The molecule has 2 aromatic heterocycles.